The molecule has 0 radical (unpaired) electrons. The average molecular weight is 313 g/mol. The van der Waals surface area contributed by atoms with E-state index < -0.39 is 0 Å². The van der Waals surface area contributed by atoms with Crippen molar-refractivity contribution in [3.05, 3.63) is 17.7 Å². The molecule has 2 N–H and O–H groups in total. The van der Waals surface area contributed by atoms with E-state index in [-0.39, 0.29) is 6.61 Å². The van der Waals surface area contributed by atoms with Gasteiger partial charge in [0.25, 0.3) is 0 Å². The second-order valence-electron chi connectivity index (χ2n) is 5.13. The van der Waals surface area contributed by atoms with Crippen molar-refractivity contribution in [3.63, 3.8) is 0 Å². The molecule has 0 heterocycles. The van der Waals surface area contributed by atoms with Gasteiger partial charge in [0.2, 0.25) is 0 Å². The van der Waals surface area contributed by atoms with Gasteiger partial charge < -0.3 is 19.9 Å². The van der Waals surface area contributed by atoms with Crippen molar-refractivity contribution in [1.82, 2.24) is 5.32 Å². The highest BCUT2D eigenvalue weighted by atomic mass is 32.2. The molecule has 4 nitrogen and oxygen atoms in total. The van der Waals surface area contributed by atoms with Crippen LogP contribution in [0, 0.1) is 5.92 Å². The van der Waals surface area contributed by atoms with Crippen LogP contribution in [0.2, 0.25) is 0 Å². The molecule has 1 unspecified atom stereocenters. The van der Waals surface area contributed by atoms with Crippen molar-refractivity contribution in [3.8, 4) is 11.5 Å². The van der Waals surface area contributed by atoms with Crippen LogP contribution in [0.25, 0.3) is 0 Å². The molecule has 0 bridgehead atoms. The molecule has 1 aromatic rings. The number of thioether (sulfide) groups is 1. The SMILES string of the molecule is COc1cc(CNCCCC(C)CO)c(SC)cc1OC. The number of hydrogen-bond acceptors (Lipinski definition) is 5. The number of benzene rings is 1. The zero-order valence-electron chi connectivity index (χ0n) is 13.4. The lowest BCUT2D eigenvalue weighted by Gasteiger charge is -2.14. The molecule has 1 atom stereocenters. The molecule has 1 rings (SSSR count). The van der Waals surface area contributed by atoms with E-state index in [9.17, 15) is 0 Å². The van der Waals surface area contributed by atoms with Gasteiger partial charge in [0.1, 0.15) is 0 Å². The molecule has 0 spiro atoms. The molecule has 120 valence electrons. The fraction of sp³-hybridized carbons (Fsp3) is 0.625. The first-order valence-electron chi connectivity index (χ1n) is 7.26. The standard InChI is InChI=1S/C16H27NO3S/c1-12(11-18)6-5-7-17-10-13-8-14(19-2)15(20-3)9-16(13)21-4/h8-9,12,17-18H,5-7,10-11H2,1-4H3. The topological polar surface area (TPSA) is 50.7 Å². The number of nitrogens with one attached hydrogen (secondary N) is 1. The summed E-state index contributed by atoms with van der Waals surface area (Å²) in [6, 6.07) is 4.06. The third-order valence-corrected chi connectivity index (χ3v) is 4.28. The summed E-state index contributed by atoms with van der Waals surface area (Å²) in [7, 11) is 3.31. The zero-order valence-corrected chi connectivity index (χ0v) is 14.3. The smallest absolute Gasteiger partial charge is 0.161 e. The Hall–Kier alpha value is -0.910. The Morgan fingerprint density at radius 1 is 1.24 bits per heavy atom. The summed E-state index contributed by atoms with van der Waals surface area (Å²) in [4.78, 5) is 1.20. The molecule has 0 aliphatic carbocycles. The number of aliphatic hydroxyl groups excluding tert-OH is 1. The summed E-state index contributed by atoms with van der Waals surface area (Å²) in [6.07, 6.45) is 4.18. The van der Waals surface area contributed by atoms with E-state index in [2.05, 4.69) is 18.5 Å². The van der Waals surface area contributed by atoms with Crippen LogP contribution in [0.4, 0.5) is 0 Å². The molecule has 0 aliphatic heterocycles. The number of hydrogen-bond donors (Lipinski definition) is 2. The fourth-order valence-corrected chi connectivity index (χ4v) is 2.74. The van der Waals surface area contributed by atoms with Crippen molar-refractivity contribution in [1.29, 1.82) is 0 Å². The van der Waals surface area contributed by atoms with Crippen LogP contribution in [0.5, 0.6) is 11.5 Å². The van der Waals surface area contributed by atoms with Gasteiger partial charge >= 0.3 is 0 Å². The zero-order chi connectivity index (χ0) is 15.7. The van der Waals surface area contributed by atoms with Crippen molar-refractivity contribution in [2.75, 3.05) is 33.6 Å². The summed E-state index contributed by atoms with van der Waals surface area (Å²) in [5, 5.41) is 12.4. The monoisotopic (exact) mass is 313 g/mol. The summed E-state index contributed by atoms with van der Waals surface area (Å²) in [6.45, 7) is 4.10. The Kier molecular flexibility index (Phi) is 8.57. The van der Waals surface area contributed by atoms with E-state index in [1.165, 1.54) is 10.5 Å². The van der Waals surface area contributed by atoms with Crippen LogP contribution in [0.15, 0.2) is 17.0 Å². The van der Waals surface area contributed by atoms with Crippen LogP contribution in [0.1, 0.15) is 25.3 Å². The van der Waals surface area contributed by atoms with Crippen molar-refractivity contribution in [2.24, 2.45) is 5.92 Å². The van der Waals surface area contributed by atoms with Crippen LogP contribution >= 0.6 is 11.8 Å². The van der Waals surface area contributed by atoms with Crippen molar-refractivity contribution < 1.29 is 14.6 Å². The molecule has 0 aliphatic rings. The molecular formula is C16H27NO3S. The third-order valence-electron chi connectivity index (χ3n) is 3.46. The number of aliphatic hydroxyl groups is 1. The van der Waals surface area contributed by atoms with Crippen molar-refractivity contribution >= 4 is 11.8 Å². The van der Waals surface area contributed by atoms with Gasteiger partial charge in [-0.1, -0.05) is 6.92 Å². The predicted molar refractivity (Wildman–Crippen MR) is 88.5 cm³/mol. The maximum atomic E-state index is 9.00. The third kappa shape index (κ3) is 5.77. The van der Waals surface area contributed by atoms with Gasteiger partial charge in [0, 0.05) is 18.0 Å². The Labute approximate surface area is 132 Å². The van der Waals surface area contributed by atoms with Crippen LogP contribution in [-0.2, 0) is 6.54 Å². The minimum absolute atomic E-state index is 0.270. The van der Waals surface area contributed by atoms with E-state index in [0.29, 0.717) is 5.92 Å². The Morgan fingerprint density at radius 2 is 1.90 bits per heavy atom. The first-order valence-corrected chi connectivity index (χ1v) is 8.49. The normalized spacial score (nSPS) is 12.2. The summed E-state index contributed by atoms with van der Waals surface area (Å²) >= 11 is 1.71. The molecule has 0 amide bonds. The van der Waals surface area contributed by atoms with E-state index >= 15 is 0 Å². The van der Waals surface area contributed by atoms with Gasteiger partial charge in [0.15, 0.2) is 11.5 Å². The molecule has 0 aromatic heterocycles. The van der Waals surface area contributed by atoms with E-state index in [4.69, 9.17) is 14.6 Å². The maximum Gasteiger partial charge on any atom is 0.161 e. The second-order valence-corrected chi connectivity index (χ2v) is 5.97. The summed E-state index contributed by atoms with van der Waals surface area (Å²) < 4.78 is 10.7. The second kappa shape index (κ2) is 9.92. The highest BCUT2D eigenvalue weighted by Gasteiger charge is 2.10. The van der Waals surface area contributed by atoms with Gasteiger partial charge in [-0.25, -0.2) is 0 Å². The number of methoxy groups -OCH3 is 2. The highest BCUT2D eigenvalue weighted by molar-refractivity contribution is 7.98. The molecule has 0 saturated carbocycles. The van der Waals surface area contributed by atoms with Gasteiger partial charge in [-0.2, -0.15) is 0 Å². The summed E-state index contributed by atoms with van der Waals surface area (Å²) in [5.41, 5.74) is 1.22. The number of rotatable bonds is 10. The van der Waals surface area contributed by atoms with Crippen LogP contribution in [-0.4, -0.2) is 38.7 Å². The molecule has 0 fully saturated rings. The largest absolute Gasteiger partial charge is 0.493 e. The molecule has 1 aromatic carbocycles. The Bertz CT molecular complexity index is 426. The van der Waals surface area contributed by atoms with E-state index in [1.807, 2.05) is 12.1 Å². The lowest BCUT2D eigenvalue weighted by molar-refractivity contribution is 0.228. The number of ether oxygens (including phenoxy) is 2. The van der Waals surface area contributed by atoms with Gasteiger partial charge in [-0.15, -0.1) is 11.8 Å². The predicted octanol–water partition coefficient (Wildman–Crippen LogP) is 2.92. The first kappa shape index (κ1) is 18.1. The fourth-order valence-electron chi connectivity index (χ4n) is 2.12. The highest BCUT2D eigenvalue weighted by Crippen LogP contribution is 2.34. The lowest BCUT2D eigenvalue weighted by Crippen LogP contribution is -2.16. The quantitative estimate of drug-likeness (QED) is 0.514. The minimum Gasteiger partial charge on any atom is -0.493 e. The minimum atomic E-state index is 0.270. The molecule has 5 heteroatoms. The molecule has 0 saturated heterocycles. The van der Waals surface area contributed by atoms with Gasteiger partial charge in [-0.05, 0) is 49.3 Å². The Balaban J connectivity index is 2.57. The van der Waals surface area contributed by atoms with Gasteiger partial charge in [-0.3, -0.25) is 0 Å². The Morgan fingerprint density at radius 3 is 2.48 bits per heavy atom. The summed E-state index contributed by atoms with van der Waals surface area (Å²) in [5.74, 6) is 1.91. The lowest BCUT2D eigenvalue weighted by atomic mass is 10.1. The van der Waals surface area contributed by atoms with Crippen molar-refractivity contribution in [2.45, 2.75) is 31.2 Å². The first-order chi connectivity index (χ1) is 10.2. The average Bonchev–Trinajstić information content (AvgIpc) is 2.53. The van der Waals surface area contributed by atoms with Gasteiger partial charge in [0.05, 0.1) is 14.2 Å². The maximum absolute atomic E-state index is 9.00. The molecular weight excluding hydrogens is 286 g/mol. The molecule has 21 heavy (non-hydrogen) atoms. The van der Waals surface area contributed by atoms with E-state index in [1.54, 1.807) is 26.0 Å². The van der Waals surface area contributed by atoms with Crippen LogP contribution < -0.4 is 14.8 Å². The van der Waals surface area contributed by atoms with Crippen LogP contribution in [0.3, 0.4) is 0 Å². The van der Waals surface area contributed by atoms with E-state index in [0.717, 1.165) is 37.4 Å².